The van der Waals surface area contributed by atoms with Crippen LogP contribution < -0.4 is 0 Å². The summed E-state index contributed by atoms with van der Waals surface area (Å²) < 4.78 is 0. The predicted molar refractivity (Wildman–Crippen MR) is 74.9 cm³/mol. The van der Waals surface area contributed by atoms with Crippen molar-refractivity contribution in [2.45, 2.75) is 57.4 Å². The maximum Gasteiger partial charge on any atom is 0.308 e. The molecule has 5 unspecified atom stereocenters. The highest BCUT2D eigenvalue weighted by molar-refractivity contribution is 5.71. The van der Waals surface area contributed by atoms with Crippen molar-refractivity contribution in [2.75, 3.05) is 13.6 Å². The Morgan fingerprint density at radius 3 is 2.58 bits per heavy atom. The normalized spacial score (nSPS) is 41.9. The summed E-state index contributed by atoms with van der Waals surface area (Å²) in [6, 6.07) is 0.283. The van der Waals surface area contributed by atoms with E-state index in [0.29, 0.717) is 0 Å². The van der Waals surface area contributed by atoms with Gasteiger partial charge in [0.1, 0.15) is 0 Å². The lowest BCUT2D eigenvalue weighted by Gasteiger charge is -2.38. The van der Waals surface area contributed by atoms with Gasteiger partial charge in [-0.15, -0.1) is 0 Å². The third kappa shape index (κ3) is 2.67. The highest BCUT2D eigenvalue weighted by atomic mass is 16.4. The lowest BCUT2D eigenvalue weighted by molar-refractivity contribution is -0.145. The van der Waals surface area contributed by atoms with Gasteiger partial charge in [-0.2, -0.15) is 0 Å². The first-order chi connectivity index (χ1) is 9.15. The van der Waals surface area contributed by atoms with Crippen molar-refractivity contribution in [3.05, 3.63) is 0 Å². The van der Waals surface area contributed by atoms with Crippen molar-refractivity contribution < 1.29 is 9.90 Å². The number of carboxylic acids is 1. The zero-order valence-corrected chi connectivity index (χ0v) is 12.1. The van der Waals surface area contributed by atoms with Gasteiger partial charge >= 0.3 is 5.97 Å². The van der Waals surface area contributed by atoms with Gasteiger partial charge in [-0.1, -0.05) is 19.3 Å². The fraction of sp³-hybridized carbons (Fsp3) is 0.938. The summed E-state index contributed by atoms with van der Waals surface area (Å²) >= 11 is 0. The molecule has 0 aromatic rings. The molecule has 0 heterocycles. The van der Waals surface area contributed by atoms with Crippen LogP contribution in [0.4, 0.5) is 0 Å². The number of carbonyl (C=O) groups is 1. The summed E-state index contributed by atoms with van der Waals surface area (Å²) in [6.45, 7) is 1.13. The summed E-state index contributed by atoms with van der Waals surface area (Å²) in [5.41, 5.74) is 0. The number of carboxylic acid groups (broad SMARTS) is 1. The van der Waals surface area contributed by atoms with Crippen LogP contribution in [0.3, 0.4) is 0 Å². The molecule has 2 bridgehead atoms. The van der Waals surface area contributed by atoms with Gasteiger partial charge in [-0.3, -0.25) is 4.79 Å². The van der Waals surface area contributed by atoms with Crippen LogP contribution in [0.15, 0.2) is 0 Å². The largest absolute Gasteiger partial charge is 0.481 e. The van der Waals surface area contributed by atoms with Crippen molar-refractivity contribution in [3.8, 4) is 0 Å². The van der Waals surface area contributed by atoms with E-state index < -0.39 is 5.97 Å². The minimum absolute atomic E-state index is 0.127. The first kappa shape index (κ1) is 13.4. The fourth-order valence-electron chi connectivity index (χ4n) is 5.03. The second-order valence-electron chi connectivity index (χ2n) is 7.17. The topological polar surface area (TPSA) is 40.5 Å². The molecule has 0 aromatic carbocycles. The smallest absolute Gasteiger partial charge is 0.308 e. The first-order valence-corrected chi connectivity index (χ1v) is 8.08. The van der Waals surface area contributed by atoms with E-state index in [-0.39, 0.29) is 12.0 Å². The Bertz CT molecular complexity index is 344. The molecule has 0 aromatic heterocycles. The molecule has 3 aliphatic rings. The molecule has 5 atom stereocenters. The summed E-state index contributed by atoms with van der Waals surface area (Å²) in [7, 11) is 2.16. The Labute approximate surface area is 116 Å². The zero-order valence-electron chi connectivity index (χ0n) is 12.1. The predicted octanol–water partition coefficient (Wildman–Crippen LogP) is 3.00. The molecule has 3 heteroatoms. The molecule has 3 rings (SSSR count). The molecule has 0 aliphatic heterocycles. The standard InChI is InChI=1S/C16H27NO2/c1-17(10-13-9-11-6-7-12(13)8-11)15-5-3-2-4-14(15)16(18)19/h11-15H,2-10H2,1H3,(H,18,19). The van der Waals surface area contributed by atoms with Crippen LogP contribution in [0.2, 0.25) is 0 Å². The Balaban J connectivity index is 1.59. The van der Waals surface area contributed by atoms with E-state index in [1.54, 1.807) is 0 Å². The van der Waals surface area contributed by atoms with Crippen molar-refractivity contribution in [1.29, 1.82) is 0 Å². The number of fused-ring (bicyclic) bond motifs is 2. The lowest BCUT2D eigenvalue weighted by Crippen LogP contribution is -2.45. The molecule has 3 saturated carbocycles. The number of aliphatic carboxylic acids is 1. The SMILES string of the molecule is CN(CC1CC2CCC1C2)C1CCCCC1C(=O)O. The van der Waals surface area contributed by atoms with Crippen LogP contribution in [0.1, 0.15) is 51.4 Å². The van der Waals surface area contributed by atoms with E-state index in [2.05, 4.69) is 11.9 Å². The van der Waals surface area contributed by atoms with Gasteiger partial charge in [-0.25, -0.2) is 0 Å². The van der Waals surface area contributed by atoms with Gasteiger partial charge in [0.05, 0.1) is 5.92 Å². The molecule has 108 valence electrons. The van der Waals surface area contributed by atoms with Crippen molar-refractivity contribution in [1.82, 2.24) is 4.90 Å². The average Bonchev–Trinajstić information content (AvgIpc) is 3.01. The van der Waals surface area contributed by atoms with E-state index in [4.69, 9.17) is 0 Å². The van der Waals surface area contributed by atoms with Gasteiger partial charge in [0.2, 0.25) is 0 Å². The quantitative estimate of drug-likeness (QED) is 0.849. The van der Waals surface area contributed by atoms with Gasteiger partial charge in [-0.05, 0) is 56.9 Å². The Kier molecular flexibility index (Phi) is 3.84. The summed E-state index contributed by atoms with van der Waals surface area (Å²) in [5, 5.41) is 9.40. The summed E-state index contributed by atoms with van der Waals surface area (Å²) in [4.78, 5) is 13.8. The first-order valence-electron chi connectivity index (χ1n) is 8.08. The van der Waals surface area contributed by atoms with Crippen LogP contribution in [-0.4, -0.2) is 35.6 Å². The lowest BCUT2D eigenvalue weighted by atomic mass is 9.82. The molecule has 3 nitrogen and oxygen atoms in total. The van der Waals surface area contributed by atoms with E-state index in [1.807, 2.05) is 0 Å². The third-order valence-corrected chi connectivity index (χ3v) is 6.02. The van der Waals surface area contributed by atoms with E-state index >= 15 is 0 Å². The minimum atomic E-state index is -0.579. The molecule has 3 aliphatic carbocycles. The fourth-order valence-corrected chi connectivity index (χ4v) is 5.03. The Hall–Kier alpha value is -0.570. The van der Waals surface area contributed by atoms with Crippen LogP contribution in [-0.2, 0) is 4.79 Å². The van der Waals surface area contributed by atoms with E-state index in [0.717, 1.165) is 43.6 Å². The molecule has 0 spiro atoms. The van der Waals surface area contributed by atoms with E-state index in [9.17, 15) is 9.90 Å². The van der Waals surface area contributed by atoms with Gasteiger partial charge in [0.15, 0.2) is 0 Å². The number of rotatable bonds is 4. The van der Waals surface area contributed by atoms with Crippen molar-refractivity contribution >= 4 is 5.97 Å². The summed E-state index contributed by atoms with van der Waals surface area (Å²) in [6.07, 6.45) is 9.98. The maximum absolute atomic E-state index is 11.4. The van der Waals surface area contributed by atoms with Crippen LogP contribution >= 0.6 is 0 Å². The molecule has 0 saturated heterocycles. The van der Waals surface area contributed by atoms with Crippen LogP contribution in [0, 0.1) is 23.7 Å². The van der Waals surface area contributed by atoms with Gasteiger partial charge < -0.3 is 10.0 Å². The molecule has 19 heavy (non-hydrogen) atoms. The van der Waals surface area contributed by atoms with Crippen LogP contribution in [0.5, 0.6) is 0 Å². The van der Waals surface area contributed by atoms with Crippen LogP contribution in [0.25, 0.3) is 0 Å². The van der Waals surface area contributed by atoms with E-state index in [1.165, 1.54) is 32.1 Å². The highest BCUT2D eigenvalue weighted by Crippen LogP contribution is 2.48. The zero-order chi connectivity index (χ0) is 13.4. The molecule has 0 radical (unpaired) electrons. The molecule has 1 N–H and O–H groups in total. The Morgan fingerprint density at radius 1 is 1.16 bits per heavy atom. The molecule has 3 fully saturated rings. The number of hydrogen-bond donors (Lipinski definition) is 1. The monoisotopic (exact) mass is 265 g/mol. The number of nitrogens with zero attached hydrogens (tertiary/aromatic N) is 1. The average molecular weight is 265 g/mol. The number of hydrogen-bond acceptors (Lipinski definition) is 2. The minimum Gasteiger partial charge on any atom is -0.481 e. The summed E-state index contributed by atoms with van der Waals surface area (Å²) in [5.74, 6) is 2.08. The molecular weight excluding hydrogens is 238 g/mol. The Morgan fingerprint density at radius 2 is 1.95 bits per heavy atom. The second kappa shape index (κ2) is 5.43. The van der Waals surface area contributed by atoms with Crippen molar-refractivity contribution in [3.63, 3.8) is 0 Å². The maximum atomic E-state index is 11.4. The van der Waals surface area contributed by atoms with Gasteiger partial charge in [0, 0.05) is 12.6 Å². The third-order valence-electron chi connectivity index (χ3n) is 6.02. The van der Waals surface area contributed by atoms with Gasteiger partial charge in [0.25, 0.3) is 0 Å². The molecular formula is C16H27NO2. The highest BCUT2D eigenvalue weighted by Gasteiger charge is 2.41. The molecule has 0 amide bonds. The second-order valence-corrected chi connectivity index (χ2v) is 7.17. The van der Waals surface area contributed by atoms with Crippen molar-refractivity contribution in [2.24, 2.45) is 23.7 Å².